The van der Waals surface area contributed by atoms with Crippen molar-refractivity contribution in [3.05, 3.63) is 77.9 Å². The lowest BCUT2D eigenvalue weighted by atomic mass is 9.81. The van der Waals surface area contributed by atoms with E-state index in [9.17, 15) is 38.4 Å². The molecule has 3 aliphatic heterocycles. The van der Waals surface area contributed by atoms with Gasteiger partial charge in [0.05, 0.1) is 43.2 Å². The Morgan fingerprint density at radius 3 is 2.01 bits per heavy atom. The molecule has 3 heterocycles. The Hall–Kier alpha value is -5.98. The lowest BCUT2D eigenvalue weighted by molar-refractivity contribution is -0.145. The largest absolute Gasteiger partial charge is 0.379 e. The molecule has 0 aromatic heterocycles. The number of hydrogen-bond donors (Lipinski definition) is 4. The molecule has 2 aromatic carbocycles. The maximum Gasteiger partial charge on any atom is 0.253 e. The molecular weight excluding hydrogens is 1030 g/mol. The molecule has 2 aromatic rings. The number of amides is 8. The number of anilines is 1. The van der Waals surface area contributed by atoms with E-state index in [0.717, 1.165) is 48.4 Å². The number of nitrogens with one attached hydrogen (secondary N) is 4. The Morgan fingerprint density at radius 2 is 1.47 bits per heavy atom. The molecule has 9 unspecified atom stereocenters. The maximum atomic E-state index is 14.1. The van der Waals surface area contributed by atoms with Crippen molar-refractivity contribution in [2.75, 3.05) is 53.3 Å². The van der Waals surface area contributed by atoms with Crippen molar-refractivity contribution in [1.82, 2.24) is 35.6 Å². The van der Waals surface area contributed by atoms with Crippen molar-refractivity contribution in [2.24, 2.45) is 29.6 Å². The Balaban J connectivity index is 0.000000882. The number of fused-ring (bicyclic) bond motifs is 2. The Morgan fingerprint density at radius 1 is 0.827 bits per heavy atom. The molecule has 4 fully saturated rings. The number of imide groups is 1. The van der Waals surface area contributed by atoms with Crippen LogP contribution in [0.1, 0.15) is 144 Å². The SMILES string of the molecule is CC.CC1C2CCC(C2)N1C.CCC.CCC(C)C(C(CC(=O)N1CCCC1C(OC)C(C)C(=O)N[C@@H](Cc1ccccc1)C(=O)Nc1ccc(CNC(=O)C2CCC(CN3C(=O)C=CC3=O)CC2)cc1)OC)N(C)C(=O)CNC=O. The smallest absolute Gasteiger partial charge is 0.253 e. The van der Waals surface area contributed by atoms with E-state index < -0.39 is 48.1 Å². The average molecular weight is 1130 g/mol. The van der Waals surface area contributed by atoms with Crippen molar-refractivity contribution in [2.45, 2.75) is 188 Å². The van der Waals surface area contributed by atoms with Gasteiger partial charge in [0.1, 0.15) is 6.04 Å². The van der Waals surface area contributed by atoms with Crippen LogP contribution in [0.3, 0.4) is 0 Å². The van der Waals surface area contributed by atoms with E-state index in [1.807, 2.05) is 70.2 Å². The number of likely N-dealkylation sites (tertiary alicyclic amines) is 2. The van der Waals surface area contributed by atoms with E-state index in [1.165, 1.54) is 57.0 Å². The zero-order chi connectivity index (χ0) is 59.8. The minimum atomic E-state index is -0.959. The number of likely N-dealkylation sites (N-methyl/N-ethyl adjacent to an activating group) is 1. The van der Waals surface area contributed by atoms with Gasteiger partial charge in [-0.15, -0.1) is 0 Å². The van der Waals surface area contributed by atoms with Gasteiger partial charge in [0, 0.05) is 83.2 Å². The van der Waals surface area contributed by atoms with E-state index in [2.05, 4.69) is 54.0 Å². The Kier molecular flexibility index (Phi) is 28.7. The lowest BCUT2D eigenvalue weighted by Crippen LogP contribution is -2.55. The van der Waals surface area contributed by atoms with E-state index in [0.29, 0.717) is 57.4 Å². The summed E-state index contributed by atoms with van der Waals surface area (Å²) in [5, 5.41) is 11.4. The molecule has 18 heteroatoms. The van der Waals surface area contributed by atoms with Gasteiger partial charge in [0.2, 0.25) is 35.9 Å². The quantitative estimate of drug-likeness (QED) is 0.0605. The van der Waals surface area contributed by atoms with Crippen LogP contribution in [0.25, 0.3) is 0 Å². The van der Waals surface area contributed by atoms with Crippen LogP contribution in [0.4, 0.5) is 5.69 Å². The number of hydrogen-bond acceptors (Lipinski definition) is 11. The van der Waals surface area contributed by atoms with Crippen molar-refractivity contribution in [1.29, 1.82) is 0 Å². The number of benzene rings is 2. The second-order valence-corrected chi connectivity index (χ2v) is 22.5. The summed E-state index contributed by atoms with van der Waals surface area (Å²) in [5.41, 5.74) is 2.19. The number of rotatable bonds is 24. The summed E-state index contributed by atoms with van der Waals surface area (Å²) in [7, 11) is 6.95. The van der Waals surface area contributed by atoms with Crippen LogP contribution in [-0.2, 0) is 60.8 Å². The fourth-order valence-electron chi connectivity index (χ4n) is 12.2. The van der Waals surface area contributed by atoms with E-state index >= 15 is 0 Å². The average Bonchev–Trinajstić information content (AvgIpc) is 4.30. The topological polar surface area (TPSA) is 216 Å². The summed E-state index contributed by atoms with van der Waals surface area (Å²) < 4.78 is 11.9. The molecule has 0 spiro atoms. The third-order valence-electron chi connectivity index (χ3n) is 17.1. The predicted octanol–water partition coefficient (Wildman–Crippen LogP) is 7.30. The molecule has 4 N–H and O–H groups in total. The standard InChI is InChI=1S/C50H69N7O10.C8H15N.C3H8.C2H6/c1-7-32(2)46(55(4)45(62)29-51-31-58)41(66-5)27-44(61)56-25-11-14-40(56)47(67-6)33(3)48(63)54-39(26-34-12-9-8-10-13-34)50(65)53-38-21-17-35(18-22-38)28-52-49(64)37-19-15-36(16-20-37)30-57-42(59)23-24-43(57)60;1-6-7-3-4-8(5-7)9(6)2;1-3-2;1-2/h8-10,12-13,17-18,21-24,31-33,36-37,39-41,46-47H,7,11,14-16,19-20,25-30H2,1-6H3,(H,51,58)(H,52,64)(H,53,65)(H,54,63);6-8H,3-5H2,1-2H3;3H2,1-2H3;1-2H3/t32?,33?,36?,37?,39-,40?,41?,46?,47?;;;/m0.../s1. The Labute approximate surface area is 483 Å². The predicted molar refractivity (Wildman–Crippen MR) is 316 cm³/mol. The zero-order valence-corrected chi connectivity index (χ0v) is 50.7. The molecular formula is C63H98N8O10. The second kappa shape index (κ2) is 34.5. The van der Waals surface area contributed by atoms with Crippen molar-refractivity contribution in [3.8, 4) is 0 Å². The summed E-state index contributed by atoms with van der Waals surface area (Å²) in [6.45, 7) is 17.3. The minimum Gasteiger partial charge on any atom is -0.379 e. The Bertz CT molecular complexity index is 2310. The molecule has 2 saturated heterocycles. The van der Waals surface area contributed by atoms with Crippen LogP contribution >= 0.6 is 0 Å². The number of ether oxygens (including phenoxy) is 2. The maximum absolute atomic E-state index is 14.1. The summed E-state index contributed by atoms with van der Waals surface area (Å²) in [6.07, 6.45) is 12.5. The van der Waals surface area contributed by atoms with Crippen molar-refractivity contribution >= 4 is 53.4 Å². The van der Waals surface area contributed by atoms with E-state index in [4.69, 9.17) is 9.47 Å². The molecule has 2 saturated carbocycles. The highest BCUT2D eigenvalue weighted by molar-refractivity contribution is 6.12. The highest BCUT2D eigenvalue weighted by Crippen LogP contribution is 2.41. The van der Waals surface area contributed by atoms with Crippen LogP contribution < -0.4 is 21.3 Å². The van der Waals surface area contributed by atoms with Crippen LogP contribution in [-0.4, -0.2) is 158 Å². The van der Waals surface area contributed by atoms with Gasteiger partial charge in [-0.3, -0.25) is 43.3 Å². The molecule has 18 nitrogen and oxygen atoms in total. The first-order valence-corrected chi connectivity index (χ1v) is 29.9. The highest BCUT2D eigenvalue weighted by atomic mass is 16.5. The summed E-state index contributed by atoms with van der Waals surface area (Å²) >= 11 is 0. The first-order valence-electron chi connectivity index (χ1n) is 29.9. The van der Waals surface area contributed by atoms with Gasteiger partial charge < -0.3 is 45.4 Å². The number of carbonyl (C=O) groups is 8. The van der Waals surface area contributed by atoms with Gasteiger partial charge in [0.25, 0.3) is 11.8 Å². The monoisotopic (exact) mass is 1130 g/mol. The van der Waals surface area contributed by atoms with Gasteiger partial charge >= 0.3 is 0 Å². The van der Waals surface area contributed by atoms with Gasteiger partial charge in [-0.1, -0.05) is 104 Å². The number of carbonyl (C=O) groups excluding carboxylic acids is 8. The fraction of sp³-hybridized carbons (Fsp3) is 0.651. The van der Waals surface area contributed by atoms with Crippen LogP contribution in [0.5, 0.6) is 0 Å². The third kappa shape index (κ3) is 19.3. The van der Waals surface area contributed by atoms with Gasteiger partial charge in [-0.25, -0.2) is 0 Å². The van der Waals surface area contributed by atoms with E-state index in [1.54, 1.807) is 35.9 Å². The van der Waals surface area contributed by atoms with Gasteiger partial charge in [0.15, 0.2) is 0 Å². The molecule has 2 bridgehead atoms. The zero-order valence-electron chi connectivity index (χ0n) is 50.7. The molecule has 450 valence electrons. The highest BCUT2D eigenvalue weighted by Gasteiger charge is 2.43. The summed E-state index contributed by atoms with van der Waals surface area (Å²) in [5.74, 6) is -1.66. The normalized spacial score (nSPS) is 23.2. The third-order valence-corrected chi connectivity index (χ3v) is 17.1. The second-order valence-electron chi connectivity index (χ2n) is 22.5. The number of piperidine rings is 1. The molecule has 7 rings (SSSR count). The first kappa shape index (κ1) is 67.5. The van der Waals surface area contributed by atoms with Crippen molar-refractivity contribution < 1.29 is 47.8 Å². The summed E-state index contributed by atoms with van der Waals surface area (Å²) in [6, 6.07) is 16.5. The molecule has 2 aliphatic carbocycles. The van der Waals surface area contributed by atoms with Crippen molar-refractivity contribution in [3.63, 3.8) is 0 Å². The molecule has 81 heavy (non-hydrogen) atoms. The van der Waals surface area contributed by atoms with Crippen LogP contribution in [0.2, 0.25) is 0 Å². The molecule has 5 aliphatic rings. The number of nitrogens with zero attached hydrogens (tertiary/aromatic N) is 4. The fourth-order valence-corrected chi connectivity index (χ4v) is 12.2. The molecule has 0 radical (unpaired) electrons. The van der Waals surface area contributed by atoms with Crippen LogP contribution in [0.15, 0.2) is 66.7 Å². The van der Waals surface area contributed by atoms with E-state index in [-0.39, 0.29) is 66.7 Å². The minimum absolute atomic E-state index is 0.0117. The summed E-state index contributed by atoms with van der Waals surface area (Å²) in [4.78, 5) is 110. The molecule has 8 amide bonds. The van der Waals surface area contributed by atoms with Crippen LogP contribution in [0, 0.1) is 29.6 Å². The van der Waals surface area contributed by atoms with Gasteiger partial charge in [-0.05, 0) is 113 Å². The number of methoxy groups -OCH3 is 2. The van der Waals surface area contributed by atoms with Gasteiger partial charge in [-0.2, -0.15) is 0 Å². The lowest BCUT2D eigenvalue weighted by Gasteiger charge is -2.39. The molecule has 10 atom stereocenters. The first-order chi connectivity index (χ1) is 38.9.